The van der Waals surface area contributed by atoms with E-state index < -0.39 is 12.0 Å². The third-order valence-corrected chi connectivity index (χ3v) is 3.56. The molecule has 0 spiro atoms. The van der Waals surface area contributed by atoms with Crippen molar-refractivity contribution in [1.82, 2.24) is 10.2 Å². The number of rotatable bonds is 3. The predicted octanol–water partition coefficient (Wildman–Crippen LogP) is 1.02. The number of carbonyl (C=O) groups is 2. The maximum atomic E-state index is 12.5. The summed E-state index contributed by atoms with van der Waals surface area (Å²) in [6, 6.07) is 3.58. The second kappa shape index (κ2) is 6.78. The first-order chi connectivity index (χ1) is 10.0. The largest absolute Gasteiger partial charge is 0.506 e. The Hall–Kier alpha value is -1.79. The number of nitrogens with one attached hydrogen (secondary N) is 1. The van der Waals surface area contributed by atoms with Crippen molar-refractivity contribution < 1.29 is 19.4 Å². The first kappa shape index (κ1) is 15.6. The molecule has 0 bridgehead atoms. The first-order valence-electron chi connectivity index (χ1n) is 6.71. The summed E-state index contributed by atoms with van der Waals surface area (Å²) in [6.45, 7) is 3.35. The van der Waals surface area contributed by atoms with Crippen molar-refractivity contribution in [2.24, 2.45) is 0 Å². The van der Waals surface area contributed by atoms with Crippen LogP contribution in [0.4, 0.5) is 0 Å². The molecular weight excluding hydrogens is 296 g/mol. The lowest BCUT2D eigenvalue weighted by molar-refractivity contribution is -0.149. The average Bonchev–Trinajstić information content (AvgIpc) is 2.49. The molecule has 0 radical (unpaired) electrons. The minimum atomic E-state index is -0.654. The van der Waals surface area contributed by atoms with Crippen LogP contribution < -0.4 is 5.32 Å². The van der Waals surface area contributed by atoms with Gasteiger partial charge in [0.15, 0.2) is 0 Å². The van der Waals surface area contributed by atoms with Crippen LogP contribution in [0.5, 0.6) is 5.75 Å². The van der Waals surface area contributed by atoms with Gasteiger partial charge in [0.25, 0.3) is 5.91 Å². The Bertz CT molecular complexity index is 550. The molecule has 0 aromatic heterocycles. The van der Waals surface area contributed by atoms with Crippen LogP contribution in [0, 0.1) is 0 Å². The summed E-state index contributed by atoms with van der Waals surface area (Å²) in [4.78, 5) is 25.9. The van der Waals surface area contributed by atoms with E-state index in [2.05, 4.69) is 5.32 Å². The smallest absolute Gasteiger partial charge is 0.330 e. The van der Waals surface area contributed by atoms with Crippen molar-refractivity contribution >= 4 is 23.5 Å². The number of phenols is 1. The number of amides is 1. The number of piperazine rings is 1. The highest BCUT2D eigenvalue weighted by Gasteiger charge is 2.33. The van der Waals surface area contributed by atoms with E-state index in [0.29, 0.717) is 25.2 Å². The number of hydrogen-bond donors (Lipinski definition) is 2. The van der Waals surface area contributed by atoms with E-state index in [4.69, 9.17) is 16.3 Å². The molecule has 0 aliphatic carbocycles. The molecule has 0 saturated carbocycles. The summed E-state index contributed by atoms with van der Waals surface area (Å²) in [5.74, 6) is -0.824. The van der Waals surface area contributed by atoms with Gasteiger partial charge in [-0.1, -0.05) is 11.6 Å². The minimum Gasteiger partial charge on any atom is -0.506 e. The normalized spacial score (nSPS) is 18.4. The average molecular weight is 313 g/mol. The molecule has 21 heavy (non-hydrogen) atoms. The monoisotopic (exact) mass is 312 g/mol. The van der Waals surface area contributed by atoms with E-state index >= 15 is 0 Å². The highest BCUT2D eigenvalue weighted by molar-refractivity contribution is 6.32. The van der Waals surface area contributed by atoms with Gasteiger partial charge in [0.2, 0.25) is 0 Å². The molecule has 1 aliphatic heterocycles. The van der Waals surface area contributed by atoms with Crippen LogP contribution in [0.25, 0.3) is 0 Å². The zero-order valence-corrected chi connectivity index (χ0v) is 12.4. The fraction of sp³-hybridized carbons (Fsp3) is 0.429. The number of esters is 1. The maximum absolute atomic E-state index is 12.5. The molecule has 1 heterocycles. The highest BCUT2D eigenvalue weighted by atomic mass is 35.5. The van der Waals surface area contributed by atoms with Gasteiger partial charge in [0, 0.05) is 25.2 Å². The van der Waals surface area contributed by atoms with E-state index in [-0.39, 0.29) is 23.3 Å². The van der Waals surface area contributed by atoms with Crippen molar-refractivity contribution in [3.05, 3.63) is 28.8 Å². The number of hydrogen-bond acceptors (Lipinski definition) is 5. The first-order valence-corrected chi connectivity index (χ1v) is 7.09. The third-order valence-electron chi connectivity index (χ3n) is 3.26. The zero-order valence-electron chi connectivity index (χ0n) is 11.6. The van der Waals surface area contributed by atoms with E-state index in [1.165, 1.54) is 23.1 Å². The molecule has 1 amide bonds. The van der Waals surface area contributed by atoms with Gasteiger partial charge >= 0.3 is 5.97 Å². The van der Waals surface area contributed by atoms with Crippen molar-refractivity contribution in [2.45, 2.75) is 13.0 Å². The van der Waals surface area contributed by atoms with Crippen LogP contribution >= 0.6 is 11.6 Å². The van der Waals surface area contributed by atoms with Crippen molar-refractivity contribution in [3.63, 3.8) is 0 Å². The van der Waals surface area contributed by atoms with Crippen LogP contribution in [-0.2, 0) is 9.53 Å². The summed E-state index contributed by atoms with van der Waals surface area (Å²) in [6.07, 6.45) is 0. The van der Waals surface area contributed by atoms with Crippen LogP contribution in [0.15, 0.2) is 18.2 Å². The molecule has 1 atom stereocenters. The Balaban J connectivity index is 2.21. The molecule has 1 unspecified atom stereocenters. The van der Waals surface area contributed by atoms with Gasteiger partial charge in [-0.2, -0.15) is 0 Å². The molecule has 2 N–H and O–H groups in total. The highest BCUT2D eigenvalue weighted by Crippen LogP contribution is 2.24. The molecule has 2 rings (SSSR count). The number of aromatic hydroxyl groups is 1. The van der Waals surface area contributed by atoms with Gasteiger partial charge in [-0.05, 0) is 25.1 Å². The Labute approximate surface area is 127 Å². The van der Waals surface area contributed by atoms with Gasteiger partial charge in [-0.25, -0.2) is 4.79 Å². The molecule has 1 fully saturated rings. The van der Waals surface area contributed by atoms with E-state index in [0.717, 1.165) is 0 Å². The van der Waals surface area contributed by atoms with Crippen molar-refractivity contribution in [1.29, 1.82) is 0 Å². The topological polar surface area (TPSA) is 78.9 Å². The lowest BCUT2D eigenvalue weighted by atomic mass is 10.1. The Morgan fingerprint density at radius 3 is 2.95 bits per heavy atom. The summed E-state index contributed by atoms with van der Waals surface area (Å²) in [5.41, 5.74) is 0.328. The van der Waals surface area contributed by atoms with E-state index in [9.17, 15) is 14.7 Å². The Morgan fingerprint density at radius 1 is 1.52 bits per heavy atom. The number of halogens is 1. The number of ether oxygens (including phenoxy) is 1. The molecule has 1 aromatic rings. The summed E-state index contributed by atoms with van der Waals surface area (Å²) in [5, 5.41) is 12.6. The Kier molecular flexibility index (Phi) is 5.03. The van der Waals surface area contributed by atoms with Gasteiger partial charge in [-0.15, -0.1) is 0 Å². The number of benzene rings is 1. The molecule has 6 nitrogen and oxygen atoms in total. The number of nitrogens with zero attached hydrogens (tertiary/aromatic N) is 1. The summed E-state index contributed by atoms with van der Waals surface area (Å²) in [7, 11) is 0. The maximum Gasteiger partial charge on any atom is 0.330 e. The standard InChI is InChI=1S/C14H17ClN2O4/c1-2-21-14(20)11-8-16-5-6-17(11)13(19)9-3-4-12(18)10(15)7-9/h3-4,7,11,16,18H,2,5-6,8H2,1H3. The second-order valence-electron chi connectivity index (χ2n) is 4.64. The number of phenolic OH excluding ortho intramolecular Hbond substituents is 1. The van der Waals surface area contributed by atoms with Gasteiger partial charge in [0.1, 0.15) is 11.8 Å². The second-order valence-corrected chi connectivity index (χ2v) is 5.04. The van der Waals surface area contributed by atoms with Crippen LogP contribution in [-0.4, -0.2) is 54.2 Å². The molecule has 7 heteroatoms. The minimum absolute atomic E-state index is 0.0875. The fourth-order valence-corrected chi connectivity index (χ4v) is 2.38. The van der Waals surface area contributed by atoms with Gasteiger partial charge < -0.3 is 20.1 Å². The summed E-state index contributed by atoms with van der Waals surface area (Å²) < 4.78 is 5.00. The van der Waals surface area contributed by atoms with E-state index in [1.54, 1.807) is 6.92 Å². The molecular formula is C14H17ClN2O4. The predicted molar refractivity (Wildman–Crippen MR) is 77.4 cm³/mol. The quantitative estimate of drug-likeness (QED) is 0.815. The zero-order chi connectivity index (χ0) is 15.4. The van der Waals surface area contributed by atoms with Crippen LogP contribution in [0.3, 0.4) is 0 Å². The fourth-order valence-electron chi connectivity index (χ4n) is 2.20. The van der Waals surface area contributed by atoms with Crippen molar-refractivity contribution in [3.8, 4) is 5.75 Å². The van der Waals surface area contributed by atoms with Gasteiger partial charge in [0.05, 0.1) is 11.6 Å². The lowest BCUT2D eigenvalue weighted by Crippen LogP contribution is -2.57. The Morgan fingerprint density at radius 2 is 2.29 bits per heavy atom. The van der Waals surface area contributed by atoms with Crippen LogP contribution in [0.1, 0.15) is 17.3 Å². The number of carbonyl (C=O) groups excluding carboxylic acids is 2. The SMILES string of the molecule is CCOC(=O)C1CNCCN1C(=O)c1ccc(O)c(Cl)c1. The molecule has 1 aliphatic rings. The molecule has 1 aromatic carbocycles. The lowest BCUT2D eigenvalue weighted by Gasteiger charge is -2.34. The third kappa shape index (κ3) is 3.46. The van der Waals surface area contributed by atoms with E-state index in [1.807, 2.05) is 0 Å². The van der Waals surface area contributed by atoms with Gasteiger partial charge in [-0.3, -0.25) is 4.79 Å². The molecule has 1 saturated heterocycles. The molecule has 114 valence electrons. The van der Waals surface area contributed by atoms with Crippen molar-refractivity contribution in [2.75, 3.05) is 26.2 Å². The summed E-state index contributed by atoms with van der Waals surface area (Å²) >= 11 is 5.82. The van der Waals surface area contributed by atoms with Crippen LogP contribution in [0.2, 0.25) is 5.02 Å².